The highest BCUT2D eigenvalue weighted by Crippen LogP contribution is 2.44. The summed E-state index contributed by atoms with van der Waals surface area (Å²) in [6.45, 7) is 0. The van der Waals surface area contributed by atoms with E-state index < -0.39 is 0 Å². The van der Waals surface area contributed by atoms with Gasteiger partial charge in [-0.05, 0) is 121 Å². The number of hydrogen-bond acceptors (Lipinski definition) is 10. The lowest BCUT2D eigenvalue weighted by Gasteiger charge is -2.07. The summed E-state index contributed by atoms with van der Waals surface area (Å²) in [5.74, 6) is 0.623. The standard InChI is InChI=1S/C38H22N2OS.C20H11ClN2O.C18H12BO2S/c1-2-12-27-23(8-1)9-6-14-28(27)25-18-19-33-32(21-25)36-37(41-33)35(39-22-40-36)26-11-5-10-24(20-26)29-15-7-16-31-30-13-3-4-17-34(30)42-38(29)31;21-20-19-18(22-11-23-20)16-10-13(8-9-17(16)24-19)15-7-3-5-12-4-1-2-6-14(12)15;20-19-21-13-6-3-5-12(11-13)14-8-4-9-16-15-7-1-2-10-17(15)22-18(14)16/h1-22H;1-11H;1-11,20H. The first-order valence-corrected chi connectivity index (χ1v) is 30.6. The summed E-state index contributed by atoms with van der Waals surface area (Å²) in [5, 5.41) is 21.1. The van der Waals surface area contributed by atoms with Crippen LogP contribution in [0.2, 0.25) is 5.15 Å². The van der Waals surface area contributed by atoms with Crippen LogP contribution in [-0.2, 0) is 0 Å². The lowest BCUT2D eigenvalue weighted by atomic mass is 9.97. The van der Waals surface area contributed by atoms with Crippen molar-refractivity contribution in [2.75, 3.05) is 0 Å². The zero-order valence-corrected chi connectivity index (χ0v) is 49.0. The Morgan fingerprint density at radius 2 is 0.807 bits per heavy atom. The van der Waals surface area contributed by atoms with E-state index in [4.69, 9.17) is 40.1 Å². The quantitative estimate of drug-likeness (QED) is 0.124. The molecule has 0 unspecified atom stereocenters. The van der Waals surface area contributed by atoms with Crippen LogP contribution < -0.4 is 4.65 Å². The molecule has 0 saturated carbocycles. The Hall–Kier alpha value is -10.5. The number of nitrogens with zero attached hydrogens (tertiary/aromatic N) is 4. The Kier molecular flexibility index (Phi) is 13.5. The largest absolute Gasteiger partial charge is 0.569 e. The van der Waals surface area contributed by atoms with Gasteiger partial charge in [-0.3, -0.25) is 0 Å². The molecule has 6 aromatic heterocycles. The fourth-order valence-electron chi connectivity index (χ4n) is 12.2. The van der Waals surface area contributed by atoms with Crippen molar-refractivity contribution < 1.29 is 18.5 Å². The number of thiophene rings is 2. The molecule has 12 heteroatoms. The maximum absolute atomic E-state index is 8.80. The van der Waals surface area contributed by atoms with E-state index in [1.165, 1.54) is 90.5 Å². The fraction of sp³-hybridized carbons (Fsp3) is 0. The van der Waals surface area contributed by atoms with Crippen molar-refractivity contribution in [1.29, 1.82) is 0 Å². The van der Waals surface area contributed by atoms with Crippen molar-refractivity contribution in [2.45, 2.75) is 0 Å². The van der Waals surface area contributed by atoms with E-state index in [2.05, 4.69) is 240 Å². The van der Waals surface area contributed by atoms with Crippen LogP contribution in [-0.4, -0.2) is 32.6 Å². The van der Waals surface area contributed by atoms with Crippen molar-refractivity contribution in [2.24, 2.45) is 0 Å². The molecule has 6 heterocycles. The molecule has 0 spiro atoms. The van der Waals surface area contributed by atoms with Gasteiger partial charge in [-0.25, -0.2) is 19.9 Å². The highest BCUT2D eigenvalue weighted by Gasteiger charge is 2.19. The van der Waals surface area contributed by atoms with Crippen LogP contribution in [0.5, 0.6) is 5.75 Å². The first kappa shape index (κ1) is 53.0. The van der Waals surface area contributed by atoms with Crippen molar-refractivity contribution in [3.8, 4) is 61.5 Å². The molecule has 18 aromatic rings. The van der Waals surface area contributed by atoms with Crippen molar-refractivity contribution in [1.82, 2.24) is 19.9 Å². The van der Waals surface area contributed by atoms with Gasteiger partial charge in [0, 0.05) is 56.7 Å². The van der Waals surface area contributed by atoms with E-state index in [0.29, 0.717) is 29.8 Å². The number of furan rings is 2. The molecule has 0 saturated heterocycles. The molecule has 0 aliphatic rings. The number of benzene rings is 12. The summed E-state index contributed by atoms with van der Waals surface area (Å²) < 4.78 is 22.5. The second-order valence-corrected chi connectivity index (χ2v) is 23.8. The van der Waals surface area contributed by atoms with Gasteiger partial charge in [0.15, 0.2) is 16.3 Å². The summed E-state index contributed by atoms with van der Waals surface area (Å²) in [7, 11) is 0.707. The second kappa shape index (κ2) is 22.4. The predicted molar refractivity (Wildman–Crippen MR) is 367 cm³/mol. The molecule has 0 amide bonds. The molecule has 0 aliphatic heterocycles. The molecule has 0 fully saturated rings. The van der Waals surface area contributed by atoms with Gasteiger partial charge in [0.1, 0.15) is 46.3 Å². The Morgan fingerprint density at radius 3 is 1.41 bits per heavy atom. The van der Waals surface area contributed by atoms with Crippen molar-refractivity contribution >= 4 is 148 Å². The van der Waals surface area contributed by atoms with E-state index in [1.807, 2.05) is 35.6 Å². The van der Waals surface area contributed by atoms with Gasteiger partial charge in [-0.1, -0.05) is 212 Å². The highest BCUT2D eigenvalue weighted by molar-refractivity contribution is 7.26. The van der Waals surface area contributed by atoms with Crippen LogP contribution in [0.15, 0.2) is 276 Å². The summed E-state index contributed by atoms with van der Waals surface area (Å²) in [6.07, 6.45) is 3.11. The summed E-state index contributed by atoms with van der Waals surface area (Å²) in [6, 6.07) is 88.6. The Morgan fingerprint density at radius 1 is 0.364 bits per heavy atom. The monoisotopic (exact) mass is 1190 g/mol. The van der Waals surface area contributed by atoms with Crippen LogP contribution in [0.25, 0.3) is 162 Å². The molecule has 415 valence electrons. The zero-order chi connectivity index (χ0) is 58.7. The number of rotatable bonds is 7. The average molecular weight is 1190 g/mol. The minimum Gasteiger partial charge on any atom is -0.537 e. The summed E-state index contributed by atoms with van der Waals surface area (Å²) >= 11 is 9.77. The maximum Gasteiger partial charge on any atom is 0.569 e. The highest BCUT2D eigenvalue weighted by atomic mass is 35.5. The SMILES string of the molecule is Clc1ncnc2c1oc1ccc(-c3cccc4ccccc34)cc12.O[B]Oc1cccc(-c2cccc3c2sc2ccccc23)c1.c1cc(-c2ncnc3c2oc2ccc(-c4cccc5ccccc45)cc23)cc(-c2cccc3c2sc2ccccc23)c1. The maximum atomic E-state index is 8.80. The molecule has 1 N–H and O–H groups in total. The van der Waals surface area contributed by atoms with Crippen molar-refractivity contribution in [3.63, 3.8) is 0 Å². The Labute approximate surface area is 517 Å². The van der Waals surface area contributed by atoms with E-state index in [9.17, 15) is 0 Å². The molecule has 8 nitrogen and oxygen atoms in total. The van der Waals surface area contributed by atoms with E-state index >= 15 is 0 Å². The van der Waals surface area contributed by atoms with Gasteiger partial charge in [0.2, 0.25) is 0 Å². The van der Waals surface area contributed by atoms with Gasteiger partial charge in [-0.15, -0.1) is 22.7 Å². The first-order chi connectivity index (χ1) is 43.5. The molecule has 0 atom stereocenters. The van der Waals surface area contributed by atoms with Crippen LogP contribution >= 0.6 is 34.3 Å². The molecule has 0 bridgehead atoms. The zero-order valence-electron chi connectivity index (χ0n) is 46.6. The fourth-order valence-corrected chi connectivity index (χ4v) is 14.8. The molecular weight excluding hydrogens is 1140 g/mol. The van der Waals surface area contributed by atoms with Crippen LogP contribution in [0.3, 0.4) is 0 Å². The molecule has 18 rings (SSSR count). The topological polar surface area (TPSA) is 107 Å². The minimum atomic E-state index is 0.336. The van der Waals surface area contributed by atoms with Crippen LogP contribution in [0.1, 0.15) is 0 Å². The molecule has 88 heavy (non-hydrogen) atoms. The van der Waals surface area contributed by atoms with Crippen LogP contribution in [0.4, 0.5) is 0 Å². The third-order valence-corrected chi connectivity index (χ3v) is 19.0. The number of halogens is 1. The number of fused-ring (bicyclic) bond motifs is 14. The first-order valence-electron chi connectivity index (χ1n) is 28.6. The second-order valence-electron chi connectivity index (χ2n) is 21.3. The Balaban J connectivity index is 0.000000115. The number of hydrogen-bond donors (Lipinski definition) is 1. The van der Waals surface area contributed by atoms with Gasteiger partial charge in [0.25, 0.3) is 0 Å². The molecule has 1 radical (unpaired) electrons. The molecular formula is C76H45BClN4O4S2. The number of aromatic nitrogens is 4. The van der Waals surface area contributed by atoms with Gasteiger partial charge in [0.05, 0.1) is 0 Å². The average Bonchev–Trinajstić information content (AvgIpc) is 4.56. The van der Waals surface area contributed by atoms with Gasteiger partial charge >= 0.3 is 7.69 Å². The Bertz CT molecular complexity index is 5730. The van der Waals surface area contributed by atoms with E-state index in [-0.39, 0.29) is 0 Å². The van der Waals surface area contributed by atoms with E-state index in [1.54, 1.807) is 17.7 Å². The third-order valence-electron chi connectivity index (χ3n) is 16.2. The predicted octanol–water partition coefficient (Wildman–Crippen LogP) is 21.4. The van der Waals surface area contributed by atoms with E-state index in [0.717, 1.165) is 66.5 Å². The van der Waals surface area contributed by atoms with Crippen molar-refractivity contribution in [3.05, 3.63) is 273 Å². The minimum absolute atomic E-state index is 0.336. The third kappa shape index (κ3) is 9.45. The molecule has 0 aliphatic carbocycles. The van der Waals surface area contributed by atoms with Gasteiger partial charge < -0.3 is 18.5 Å². The summed E-state index contributed by atoms with van der Waals surface area (Å²) in [4.78, 5) is 17.7. The summed E-state index contributed by atoms with van der Waals surface area (Å²) in [5.41, 5.74) is 15.5. The van der Waals surface area contributed by atoms with Crippen LogP contribution in [0, 0.1) is 0 Å². The lowest BCUT2D eigenvalue weighted by molar-refractivity contribution is 0.454. The smallest absolute Gasteiger partial charge is 0.537 e. The normalized spacial score (nSPS) is 11.5. The molecule has 12 aromatic carbocycles. The lowest BCUT2D eigenvalue weighted by Crippen LogP contribution is -1.99. The van der Waals surface area contributed by atoms with Gasteiger partial charge in [-0.2, -0.15) is 0 Å².